The summed E-state index contributed by atoms with van der Waals surface area (Å²) < 4.78 is 21.3. The molecule has 0 spiro atoms. The van der Waals surface area contributed by atoms with Gasteiger partial charge in [0.2, 0.25) is 5.75 Å². The van der Waals surface area contributed by atoms with Crippen molar-refractivity contribution in [2.45, 2.75) is 18.6 Å². The van der Waals surface area contributed by atoms with E-state index in [4.69, 9.17) is 24.7 Å². The summed E-state index contributed by atoms with van der Waals surface area (Å²) >= 11 is 0. The molecule has 1 heterocycles. The lowest BCUT2D eigenvalue weighted by Gasteiger charge is -2.36. The van der Waals surface area contributed by atoms with Crippen molar-refractivity contribution in [3.8, 4) is 17.2 Å². The second-order valence-electron chi connectivity index (χ2n) is 5.36. The zero-order valence-corrected chi connectivity index (χ0v) is 14.0. The molecule has 128 valence electrons. The van der Waals surface area contributed by atoms with E-state index in [-0.39, 0.29) is 18.1 Å². The van der Waals surface area contributed by atoms with E-state index in [1.807, 2.05) is 0 Å². The zero-order chi connectivity index (χ0) is 17.0. The third-order valence-corrected chi connectivity index (χ3v) is 4.13. The van der Waals surface area contributed by atoms with Gasteiger partial charge in [-0.05, 0) is 18.6 Å². The van der Waals surface area contributed by atoms with Crippen LogP contribution < -0.4 is 19.9 Å². The lowest BCUT2D eigenvalue weighted by molar-refractivity contribution is 0.0160. The van der Waals surface area contributed by atoms with Crippen LogP contribution in [0.25, 0.3) is 0 Å². The number of carbonyl (C=O) groups is 1. The summed E-state index contributed by atoms with van der Waals surface area (Å²) in [5.41, 5.74) is 6.43. The molecular weight excluding hydrogens is 300 g/mol. The van der Waals surface area contributed by atoms with Crippen LogP contribution in [0.15, 0.2) is 12.1 Å². The van der Waals surface area contributed by atoms with Crippen molar-refractivity contribution in [3.05, 3.63) is 17.7 Å². The van der Waals surface area contributed by atoms with Gasteiger partial charge in [-0.15, -0.1) is 0 Å². The largest absolute Gasteiger partial charge is 0.493 e. The fourth-order valence-electron chi connectivity index (χ4n) is 2.81. The molecule has 1 aliphatic rings. The molecule has 2 N–H and O–H groups in total. The van der Waals surface area contributed by atoms with Crippen molar-refractivity contribution < 1.29 is 23.7 Å². The molecule has 1 aromatic rings. The van der Waals surface area contributed by atoms with E-state index in [0.717, 1.165) is 0 Å². The van der Waals surface area contributed by atoms with Crippen LogP contribution in [0.5, 0.6) is 17.2 Å². The van der Waals surface area contributed by atoms with Crippen molar-refractivity contribution >= 4 is 5.91 Å². The summed E-state index contributed by atoms with van der Waals surface area (Å²) in [6, 6.07) is 3.31. The number of benzene rings is 1. The zero-order valence-electron chi connectivity index (χ0n) is 14.0. The summed E-state index contributed by atoms with van der Waals surface area (Å²) in [6.45, 7) is 1.03. The molecule has 0 unspecified atom stereocenters. The quantitative estimate of drug-likeness (QED) is 0.866. The maximum atomic E-state index is 12.9. The number of hydrogen-bond acceptors (Lipinski definition) is 6. The highest BCUT2D eigenvalue weighted by molar-refractivity contribution is 5.98. The number of carbonyl (C=O) groups excluding carboxylic acids is 1. The number of nitrogens with zero attached hydrogens (tertiary/aromatic N) is 1. The minimum Gasteiger partial charge on any atom is -0.493 e. The van der Waals surface area contributed by atoms with Gasteiger partial charge < -0.3 is 29.6 Å². The van der Waals surface area contributed by atoms with Crippen LogP contribution in [0.4, 0.5) is 0 Å². The number of methoxy groups -OCH3 is 4. The van der Waals surface area contributed by atoms with Crippen molar-refractivity contribution in [1.29, 1.82) is 0 Å². The van der Waals surface area contributed by atoms with Crippen LogP contribution in [-0.4, -0.2) is 64.5 Å². The van der Waals surface area contributed by atoms with Gasteiger partial charge in [0.1, 0.15) is 0 Å². The van der Waals surface area contributed by atoms with E-state index in [9.17, 15) is 4.79 Å². The highest BCUT2D eigenvalue weighted by Gasteiger charge is 2.32. The number of nitrogens with two attached hydrogens (primary N) is 1. The van der Waals surface area contributed by atoms with Gasteiger partial charge in [0.25, 0.3) is 5.91 Å². The summed E-state index contributed by atoms with van der Waals surface area (Å²) in [5.74, 6) is 1.13. The number of hydrogen-bond donors (Lipinski definition) is 1. The predicted molar refractivity (Wildman–Crippen MR) is 85.4 cm³/mol. The molecule has 1 fully saturated rings. The van der Waals surface area contributed by atoms with E-state index in [1.54, 1.807) is 24.1 Å². The molecule has 1 aromatic carbocycles. The summed E-state index contributed by atoms with van der Waals surface area (Å²) in [5, 5.41) is 0. The normalized spacial score (nSPS) is 21.0. The molecule has 2 atom stereocenters. The Morgan fingerprint density at radius 3 is 2.39 bits per heavy atom. The van der Waals surface area contributed by atoms with Gasteiger partial charge >= 0.3 is 0 Å². The average molecular weight is 324 g/mol. The second-order valence-corrected chi connectivity index (χ2v) is 5.36. The van der Waals surface area contributed by atoms with Gasteiger partial charge in [0, 0.05) is 26.2 Å². The lowest BCUT2D eigenvalue weighted by Crippen LogP contribution is -2.53. The molecule has 1 aliphatic heterocycles. The Labute approximate surface area is 136 Å². The third-order valence-electron chi connectivity index (χ3n) is 4.13. The van der Waals surface area contributed by atoms with E-state index in [0.29, 0.717) is 42.3 Å². The number of rotatable bonds is 5. The monoisotopic (exact) mass is 324 g/mol. The molecular formula is C16H24N2O5. The Morgan fingerprint density at radius 2 is 1.83 bits per heavy atom. The summed E-state index contributed by atoms with van der Waals surface area (Å²) in [6.07, 6.45) is 0.527. The van der Waals surface area contributed by atoms with Crippen LogP contribution in [0.3, 0.4) is 0 Å². The number of amides is 1. The summed E-state index contributed by atoms with van der Waals surface area (Å²) in [4.78, 5) is 14.6. The fourth-order valence-corrected chi connectivity index (χ4v) is 2.81. The number of piperidine rings is 1. The Hall–Kier alpha value is -1.99. The van der Waals surface area contributed by atoms with Crippen LogP contribution in [0, 0.1) is 0 Å². The first-order valence-corrected chi connectivity index (χ1v) is 7.44. The molecule has 2 rings (SSSR count). The number of ether oxygens (including phenoxy) is 4. The van der Waals surface area contributed by atoms with E-state index < -0.39 is 0 Å². The molecule has 0 saturated carbocycles. The van der Waals surface area contributed by atoms with Crippen molar-refractivity contribution in [2.75, 3.05) is 41.5 Å². The molecule has 0 radical (unpaired) electrons. The maximum Gasteiger partial charge on any atom is 0.257 e. The van der Waals surface area contributed by atoms with Crippen molar-refractivity contribution in [2.24, 2.45) is 5.73 Å². The lowest BCUT2D eigenvalue weighted by atomic mass is 10.0. The van der Waals surface area contributed by atoms with Gasteiger partial charge in [-0.2, -0.15) is 0 Å². The van der Waals surface area contributed by atoms with Crippen LogP contribution in [0.2, 0.25) is 0 Å². The Morgan fingerprint density at radius 1 is 1.13 bits per heavy atom. The van der Waals surface area contributed by atoms with Gasteiger partial charge in [-0.3, -0.25) is 4.79 Å². The van der Waals surface area contributed by atoms with Crippen molar-refractivity contribution in [3.63, 3.8) is 0 Å². The minimum absolute atomic E-state index is 0.0589. The molecule has 7 nitrogen and oxygen atoms in total. The first-order chi connectivity index (χ1) is 11.1. The standard InChI is InChI=1S/C16H24N2O5/c1-20-12-6-5-10(14(22-3)15(12)23-4)16(19)18-8-7-11(17)13(9-18)21-2/h5-6,11,13H,7-9,17H2,1-4H3/t11-,13+/m0/s1. The Bertz CT molecular complexity index is 564. The topological polar surface area (TPSA) is 83.3 Å². The average Bonchev–Trinajstić information content (AvgIpc) is 2.59. The van der Waals surface area contributed by atoms with Gasteiger partial charge in [0.05, 0.1) is 33.0 Å². The molecule has 1 saturated heterocycles. The molecule has 1 amide bonds. The van der Waals surface area contributed by atoms with E-state index in [2.05, 4.69) is 0 Å². The van der Waals surface area contributed by atoms with E-state index >= 15 is 0 Å². The molecule has 0 bridgehead atoms. The highest BCUT2D eigenvalue weighted by Crippen LogP contribution is 2.40. The van der Waals surface area contributed by atoms with Gasteiger partial charge in [0.15, 0.2) is 11.5 Å². The molecule has 7 heteroatoms. The fraction of sp³-hybridized carbons (Fsp3) is 0.562. The first kappa shape index (κ1) is 17.4. The van der Waals surface area contributed by atoms with Crippen LogP contribution in [-0.2, 0) is 4.74 Å². The maximum absolute atomic E-state index is 12.9. The van der Waals surface area contributed by atoms with Crippen molar-refractivity contribution in [1.82, 2.24) is 4.90 Å². The minimum atomic E-state index is -0.168. The third kappa shape index (κ3) is 3.35. The Kier molecular flexibility index (Phi) is 5.68. The highest BCUT2D eigenvalue weighted by atomic mass is 16.5. The number of likely N-dealkylation sites (tertiary alicyclic amines) is 1. The van der Waals surface area contributed by atoms with Gasteiger partial charge in [-0.25, -0.2) is 0 Å². The molecule has 23 heavy (non-hydrogen) atoms. The Balaban J connectivity index is 2.32. The van der Waals surface area contributed by atoms with Crippen LogP contribution >= 0.6 is 0 Å². The first-order valence-electron chi connectivity index (χ1n) is 7.44. The SMILES string of the molecule is COc1ccc(C(=O)N2CC[C@H](N)[C@H](OC)C2)c(OC)c1OC. The predicted octanol–water partition coefficient (Wildman–Crippen LogP) is 0.901. The molecule has 0 aromatic heterocycles. The smallest absolute Gasteiger partial charge is 0.257 e. The van der Waals surface area contributed by atoms with Gasteiger partial charge in [-0.1, -0.05) is 0 Å². The second kappa shape index (κ2) is 7.52. The summed E-state index contributed by atoms with van der Waals surface area (Å²) in [7, 11) is 6.15. The van der Waals surface area contributed by atoms with Crippen LogP contribution in [0.1, 0.15) is 16.8 Å². The molecule has 0 aliphatic carbocycles. The van der Waals surface area contributed by atoms with E-state index in [1.165, 1.54) is 21.3 Å².